The number of carbonyl (C=O) groups excluding carboxylic acids is 2. The molecule has 0 spiro atoms. The topological polar surface area (TPSA) is 153 Å². The van der Waals surface area contributed by atoms with Crippen LogP contribution in [0.3, 0.4) is 0 Å². The Morgan fingerprint density at radius 1 is 1.39 bits per heavy atom. The van der Waals surface area contributed by atoms with Gasteiger partial charge in [0.2, 0.25) is 5.91 Å². The second kappa shape index (κ2) is 8.46. The molecule has 12 heteroatoms. The molecule has 2 aliphatic heterocycles. The highest BCUT2D eigenvalue weighted by Crippen LogP contribution is 2.40. The number of carbonyl (C=O) groups is 3. The van der Waals surface area contributed by atoms with Gasteiger partial charge in [0, 0.05) is 15.6 Å². The first kappa shape index (κ1) is 19.9. The predicted molar refractivity (Wildman–Crippen MR) is 101 cm³/mol. The van der Waals surface area contributed by atoms with E-state index in [1.807, 2.05) is 0 Å². The summed E-state index contributed by atoms with van der Waals surface area (Å²) in [4.78, 5) is 40.4. The number of β-lactam (4-membered cyclic amide) rings is 1. The summed E-state index contributed by atoms with van der Waals surface area (Å²) in [6, 6.07) is 7.60. The summed E-state index contributed by atoms with van der Waals surface area (Å²) >= 11 is 1.27. The lowest BCUT2D eigenvalue weighted by atomic mass is 10.0. The number of nitrogens with zero attached hydrogens (tertiary/aromatic N) is 4. The van der Waals surface area contributed by atoms with E-state index in [-0.39, 0.29) is 23.7 Å². The fourth-order valence-electron chi connectivity index (χ4n) is 2.91. The predicted octanol–water partition coefficient (Wildman–Crippen LogP) is 0.843. The first-order chi connectivity index (χ1) is 13.4. The van der Waals surface area contributed by atoms with Gasteiger partial charge in [-0.2, -0.15) is 0 Å². The Morgan fingerprint density at radius 2 is 2.11 bits per heavy atom. The Labute approximate surface area is 166 Å². The molecular formula is C16H15N5O5S2. The molecule has 0 bridgehead atoms. The Balaban J connectivity index is 1.67. The van der Waals surface area contributed by atoms with Crippen LogP contribution in [0.5, 0.6) is 0 Å². The van der Waals surface area contributed by atoms with Gasteiger partial charge in [0.15, 0.2) is 0 Å². The molecule has 3 unspecified atom stereocenters. The lowest BCUT2D eigenvalue weighted by Crippen LogP contribution is -2.70. The third-order valence-corrected chi connectivity index (χ3v) is 6.82. The Bertz CT molecular complexity index is 929. The molecule has 0 aliphatic carbocycles. The highest BCUT2D eigenvalue weighted by Gasteiger charge is 2.54. The van der Waals surface area contributed by atoms with Crippen molar-refractivity contribution in [1.29, 1.82) is 0 Å². The van der Waals surface area contributed by atoms with E-state index in [0.29, 0.717) is 10.5 Å². The molecule has 2 aliphatic rings. The Kier molecular flexibility index (Phi) is 6.02. The van der Waals surface area contributed by atoms with E-state index in [9.17, 15) is 23.7 Å². The van der Waals surface area contributed by atoms with Crippen LogP contribution in [0, 0.1) is 0 Å². The Morgan fingerprint density at radius 3 is 2.75 bits per heavy atom. The van der Waals surface area contributed by atoms with Crippen LogP contribution in [0.25, 0.3) is 10.4 Å². The molecular weight excluding hydrogens is 406 g/mol. The van der Waals surface area contributed by atoms with Gasteiger partial charge in [0.25, 0.3) is 5.91 Å². The van der Waals surface area contributed by atoms with Crippen LogP contribution < -0.4 is 5.32 Å². The average Bonchev–Trinajstić information content (AvgIpc) is 2.70. The Hall–Kier alpha value is -2.82. The number of fused-ring (bicyclic) bond motifs is 1. The monoisotopic (exact) mass is 421 g/mol. The fraction of sp³-hybridized carbons (Fsp3) is 0.312. The number of amides is 2. The molecule has 2 heterocycles. The van der Waals surface area contributed by atoms with Gasteiger partial charge in [-0.15, -0.1) is 11.8 Å². The SMILES string of the molecule is [N-]=[N+]=NCC1=C(C(=O)O)N2C(=O)C(NC(=O)CS(=O)c3ccccc3)C2SC1. The van der Waals surface area contributed by atoms with Crippen LogP contribution in [-0.4, -0.2) is 61.5 Å². The van der Waals surface area contributed by atoms with Crippen molar-refractivity contribution >= 4 is 40.3 Å². The quantitative estimate of drug-likeness (QED) is 0.288. The third-order valence-electron chi connectivity index (χ3n) is 4.16. The van der Waals surface area contributed by atoms with Gasteiger partial charge in [-0.3, -0.25) is 18.7 Å². The second-order valence-corrected chi connectivity index (χ2v) is 8.46. The minimum absolute atomic E-state index is 0.144. The molecule has 10 nitrogen and oxygen atoms in total. The number of carboxylic acid groups (broad SMARTS) is 1. The van der Waals surface area contributed by atoms with E-state index < -0.39 is 40.0 Å². The average molecular weight is 421 g/mol. The maximum atomic E-state index is 12.4. The lowest BCUT2D eigenvalue weighted by Gasteiger charge is -2.49. The number of carboxylic acids is 1. The van der Waals surface area contributed by atoms with Gasteiger partial charge in [0.05, 0.1) is 17.3 Å². The maximum Gasteiger partial charge on any atom is 0.352 e. The fourth-order valence-corrected chi connectivity index (χ4v) is 5.20. The van der Waals surface area contributed by atoms with Crippen LogP contribution in [0.4, 0.5) is 0 Å². The van der Waals surface area contributed by atoms with E-state index >= 15 is 0 Å². The van der Waals surface area contributed by atoms with Crippen LogP contribution in [0.2, 0.25) is 0 Å². The number of thioether (sulfide) groups is 1. The smallest absolute Gasteiger partial charge is 0.352 e. The van der Waals surface area contributed by atoms with Crippen molar-refractivity contribution in [2.45, 2.75) is 16.3 Å². The molecule has 1 saturated heterocycles. The van der Waals surface area contributed by atoms with E-state index in [0.717, 1.165) is 4.90 Å². The van der Waals surface area contributed by atoms with E-state index in [4.69, 9.17) is 5.53 Å². The number of hydrogen-bond acceptors (Lipinski definition) is 6. The molecule has 146 valence electrons. The van der Waals surface area contributed by atoms with Crippen molar-refractivity contribution in [3.8, 4) is 0 Å². The van der Waals surface area contributed by atoms with Crippen molar-refractivity contribution in [3.63, 3.8) is 0 Å². The number of nitrogens with one attached hydrogen (secondary N) is 1. The van der Waals surface area contributed by atoms with Crippen LogP contribution in [0.15, 0.2) is 51.6 Å². The molecule has 0 saturated carbocycles. The summed E-state index contributed by atoms with van der Waals surface area (Å²) in [7, 11) is -1.55. The maximum absolute atomic E-state index is 12.4. The normalized spacial score (nSPS) is 21.9. The van der Waals surface area contributed by atoms with E-state index in [2.05, 4.69) is 15.3 Å². The number of hydrogen-bond donors (Lipinski definition) is 2. The number of aliphatic carboxylic acids is 1. The second-order valence-electron chi connectivity index (χ2n) is 5.90. The van der Waals surface area contributed by atoms with Gasteiger partial charge in [-0.05, 0) is 23.2 Å². The van der Waals surface area contributed by atoms with Crippen LogP contribution in [0.1, 0.15) is 0 Å². The van der Waals surface area contributed by atoms with Crippen molar-refractivity contribution in [2.75, 3.05) is 18.1 Å². The summed E-state index contributed by atoms with van der Waals surface area (Å²) in [6.07, 6.45) is 0. The van der Waals surface area contributed by atoms with Gasteiger partial charge >= 0.3 is 5.97 Å². The molecule has 28 heavy (non-hydrogen) atoms. The van der Waals surface area contributed by atoms with Crippen LogP contribution >= 0.6 is 11.8 Å². The van der Waals surface area contributed by atoms with Crippen molar-refractivity contribution < 1.29 is 23.7 Å². The zero-order valence-corrected chi connectivity index (χ0v) is 16.0. The summed E-state index contributed by atoms with van der Waals surface area (Å²) in [5.74, 6) is -2.45. The van der Waals surface area contributed by atoms with Crippen molar-refractivity contribution in [1.82, 2.24) is 10.2 Å². The number of azide groups is 1. The standard InChI is InChI=1S/C16H15N5O5S2/c17-20-18-6-9-7-27-15-12(14(23)21(15)13(9)16(24)25)19-11(22)8-28(26)10-4-2-1-3-5-10/h1-5,12,15H,6-8H2,(H,19,22)(H,24,25). The van der Waals surface area contributed by atoms with Gasteiger partial charge in [0.1, 0.15) is 22.9 Å². The molecule has 1 fully saturated rings. The highest BCUT2D eigenvalue weighted by molar-refractivity contribution is 8.00. The number of benzene rings is 1. The third kappa shape index (κ3) is 3.88. The zero-order chi connectivity index (χ0) is 20.3. The highest BCUT2D eigenvalue weighted by atomic mass is 32.2. The summed E-state index contributed by atoms with van der Waals surface area (Å²) in [5.41, 5.74) is 8.56. The summed E-state index contributed by atoms with van der Waals surface area (Å²) < 4.78 is 12.2. The van der Waals surface area contributed by atoms with Crippen LogP contribution in [-0.2, 0) is 25.2 Å². The minimum Gasteiger partial charge on any atom is -0.477 e. The molecule has 2 N–H and O–H groups in total. The van der Waals surface area contributed by atoms with Gasteiger partial charge in [-0.1, -0.05) is 23.3 Å². The van der Waals surface area contributed by atoms with Crippen molar-refractivity contribution in [2.24, 2.45) is 5.11 Å². The largest absolute Gasteiger partial charge is 0.477 e. The molecule has 0 radical (unpaired) electrons. The molecule has 3 rings (SSSR count). The van der Waals surface area contributed by atoms with Crippen molar-refractivity contribution in [3.05, 3.63) is 52.0 Å². The first-order valence-electron chi connectivity index (χ1n) is 8.07. The molecule has 1 aromatic carbocycles. The minimum atomic E-state index is -1.55. The van der Waals surface area contributed by atoms with E-state index in [1.54, 1.807) is 30.3 Å². The molecule has 2 amide bonds. The van der Waals surface area contributed by atoms with Gasteiger partial charge < -0.3 is 10.4 Å². The van der Waals surface area contributed by atoms with Gasteiger partial charge in [-0.25, -0.2) is 4.79 Å². The number of rotatable bonds is 7. The molecule has 0 aromatic heterocycles. The summed E-state index contributed by atoms with van der Waals surface area (Å²) in [6.45, 7) is -0.144. The van der Waals surface area contributed by atoms with E-state index in [1.165, 1.54) is 11.8 Å². The lowest BCUT2D eigenvalue weighted by molar-refractivity contribution is -0.150. The zero-order valence-electron chi connectivity index (χ0n) is 14.3. The molecule has 1 aromatic rings. The first-order valence-corrected chi connectivity index (χ1v) is 10.4. The summed E-state index contributed by atoms with van der Waals surface area (Å²) in [5, 5.41) is 14.8. The molecule has 3 atom stereocenters.